The molecule has 2 nitrogen and oxygen atoms in total. The van der Waals surface area contributed by atoms with Gasteiger partial charge in [-0.3, -0.25) is 0 Å². The van der Waals surface area contributed by atoms with Crippen molar-refractivity contribution in [2.24, 2.45) is 0 Å². The summed E-state index contributed by atoms with van der Waals surface area (Å²) in [6.07, 6.45) is 6.35. The molecule has 1 aromatic rings. The molecule has 0 atom stereocenters. The third kappa shape index (κ3) is 2.27. The van der Waals surface area contributed by atoms with Crippen molar-refractivity contribution in [3.05, 3.63) is 47.7 Å². The van der Waals surface area contributed by atoms with Crippen molar-refractivity contribution in [3.63, 3.8) is 0 Å². The molecule has 0 saturated heterocycles. The summed E-state index contributed by atoms with van der Waals surface area (Å²) in [5.41, 5.74) is 2.38. The summed E-state index contributed by atoms with van der Waals surface area (Å²) in [5.74, 6) is 1.93. The van der Waals surface area contributed by atoms with E-state index >= 15 is 0 Å². The molecule has 84 valence electrons. The molecule has 16 heavy (non-hydrogen) atoms. The van der Waals surface area contributed by atoms with Crippen molar-refractivity contribution >= 4 is 5.57 Å². The van der Waals surface area contributed by atoms with Crippen molar-refractivity contribution in [3.8, 4) is 5.75 Å². The van der Waals surface area contributed by atoms with E-state index in [0.29, 0.717) is 0 Å². The van der Waals surface area contributed by atoms with Crippen LogP contribution in [0.15, 0.2) is 42.2 Å². The first-order chi connectivity index (χ1) is 7.83. The summed E-state index contributed by atoms with van der Waals surface area (Å²) in [7, 11) is 3.41. The van der Waals surface area contributed by atoms with Crippen LogP contribution in [-0.4, -0.2) is 14.2 Å². The second-order valence-corrected chi connectivity index (χ2v) is 3.74. The standard InChI is InChI=1S/C14H16O2/c1-15-13-7-3-5-11(9-13)12-6-4-8-14(10-12)16-2/h3,5-7,9-10H,4,8H2,1-2H3. The number of methoxy groups -OCH3 is 2. The average molecular weight is 216 g/mol. The first-order valence-electron chi connectivity index (χ1n) is 5.42. The molecule has 0 amide bonds. The van der Waals surface area contributed by atoms with E-state index in [9.17, 15) is 0 Å². The molecule has 0 saturated carbocycles. The smallest absolute Gasteiger partial charge is 0.119 e. The second-order valence-electron chi connectivity index (χ2n) is 3.74. The summed E-state index contributed by atoms with van der Waals surface area (Å²) in [5, 5.41) is 0. The van der Waals surface area contributed by atoms with Gasteiger partial charge in [0.25, 0.3) is 0 Å². The van der Waals surface area contributed by atoms with Crippen LogP contribution in [0, 0.1) is 0 Å². The van der Waals surface area contributed by atoms with Crippen LogP contribution in [0.4, 0.5) is 0 Å². The van der Waals surface area contributed by atoms with Gasteiger partial charge in [-0.25, -0.2) is 0 Å². The predicted octanol–water partition coefficient (Wildman–Crippen LogP) is 3.40. The highest BCUT2D eigenvalue weighted by Gasteiger charge is 2.07. The van der Waals surface area contributed by atoms with Crippen LogP contribution in [-0.2, 0) is 4.74 Å². The first-order valence-corrected chi connectivity index (χ1v) is 5.42. The minimum atomic E-state index is 0.886. The minimum Gasteiger partial charge on any atom is -0.501 e. The Kier molecular flexibility index (Phi) is 3.30. The van der Waals surface area contributed by atoms with Gasteiger partial charge in [-0.1, -0.05) is 18.2 Å². The molecule has 1 aliphatic rings. The van der Waals surface area contributed by atoms with E-state index in [1.54, 1.807) is 14.2 Å². The van der Waals surface area contributed by atoms with Crippen molar-refractivity contribution in [1.29, 1.82) is 0 Å². The summed E-state index contributed by atoms with van der Waals surface area (Å²) in [4.78, 5) is 0. The normalized spacial score (nSPS) is 15.1. The van der Waals surface area contributed by atoms with Crippen LogP contribution in [0.1, 0.15) is 18.4 Å². The van der Waals surface area contributed by atoms with Crippen LogP contribution in [0.2, 0.25) is 0 Å². The van der Waals surface area contributed by atoms with E-state index in [2.05, 4.69) is 18.2 Å². The van der Waals surface area contributed by atoms with E-state index < -0.39 is 0 Å². The molecule has 0 bridgehead atoms. The fourth-order valence-electron chi connectivity index (χ4n) is 1.84. The first kappa shape index (κ1) is 10.8. The Hall–Kier alpha value is -1.70. The molecule has 1 aromatic carbocycles. The Morgan fingerprint density at radius 3 is 2.75 bits per heavy atom. The molecule has 0 aromatic heterocycles. The molecule has 0 heterocycles. The van der Waals surface area contributed by atoms with Gasteiger partial charge in [0, 0.05) is 6.42 Å². The monoisotopic (exact) mass is 216 g/mol. The highest BCUT2D eigenvalue weighted by atomic mass is 16.5. The molecule has 0 aliphatic heterocycles. The molecule has 1 aliphatic carbocycles. The lowest BCUT2D eigenvalue weighted by Gasteiger charge is -2.13. The van der Waals surface area contributed by atoms with Crippen LogP contribution in [0.3, 0.4) is 0 Å². The number of hydrogen-bond donors (Lipinski definition) is 0. The number of ether oxygens (including phenoxy) is 2. The van der Waals surface area contributed by atoms with Gasteiger partial charge in [-0.05, 0) is 35.8 Å². The van der Waals surface area contributed by atoms with E-state index in [1.807, 2.05) is 18.2 Å². The lowest BCUT2D eigenvalue weighted by atomic mass is 9.98. The predicted molar refractivity (Wildman–Crippen MR) is 65.3 cm³/mol. The van der Waals surface area contributed by atoms with Crippen LogP contribution < -0.4 is 4.74 Å². The average Bonchev–Trinajstić information content (AvgIpc) is 2.39. The van der Waals surface area contributed by atoms with Gasteiger partial charge in [0.05, 0.1) is 20.0 Å². The van der Waals surface area contributed by atoms with Gasteiger partial charge < -0.3 is 9.47 Å². The molecule has 2 heteroatoms. The van der Waals surface area contributed by atoms with Gasteiger partial charge in [-0.2, -0.15) is 0 Å². The zero-order valence-corrected chi connectivity index (χ0v) is 9.69. The Bertz CT molecular complexity index is 430. The third-order valence-corrected chi connectivity index (χ3v) is 2.74. The Balaban J connectivity index is 2.30. The van der Waals surface area contributed by atoms with Crippen molar-refractivity contribution in [1.82, 2.24) is 0 Å². The number of allylic oxidation sites excluding steroid dienone is 4. The van der Waals surface area contributed by atoms with Gasteiger partial charge in [0.15, 0.2) is 0 Å². The van der Waals surface area contributed by atoms with Crippen molar-refractivity contribution in [2.75, 3.05) is 14.2 Å². The lowest BCUT2D eigenvalue weighted by Crippen LogP contribution is -1.94. The second kappa shape index (κ2) is 4.88. The molecule has 0 N–H and O–H groups in total. The zero-order valence-electron chi connectivity index (χ0n) is 9.69. The van der Waals surface area contributed by atoms with E-state index in [-0.39, 0.29) is 0 Å². The topological polar surface area (TPSA) is 18.5 Å². The molecule has 0 unspecified atom stereocenters. The number of hydrogen-bond acceptors (Lipinski definition) is 2. The molecule has 0 spiro atoms. The lowest BCUT2D eigenvalue weighted by molar-refractivity contribution is 0.277. The molecular formula is C14H16O2. The number of benzene rings is 1. The van der Waals surface area contributed by atoms with E-state index in [4.69, 9.17) is 9.47 Å². The third-order valence-electron chi connectivity index (χ3n) is 2.74. The number of rotatable bonds is 3. The maximum atomic E-state index is 5.29. The maximum absolute atomic E-state index is 5.29. The van der Waals surface area contributed by atoms with Gasteiger partial charge in [-0.15, -0.1) is 0 Å². The van der Waals surface area contributed by atoms with Gasteiger partial charge in [0.2, 0.25) is 0 Å². The molecule has 2 rings (SSSR count). The van der Waals surface area contributed by atoms with Crippen molar-refractivity contribution < 1.29 is 9.47 Å². The summed E-state index contributed by atoms with van der Waals surface area (Å²) < 4.78 is 10.5. The minimum absolute atomic E-state index is 0.886. The maximum Gasteiger partial charge on any atom is 0.119 e. The quantitative estimate of drug-likeness (QED) is 0.771. The summed E-state index contributed by atoms with van der Waals surface area (Å²) in [6, 6.07) is 8.09. The van der Waals surface area contributed by atoms with E-state index in [1.165, 1.54) is 11.1 Å². The van der Waals surface area contributed by atoms with E-state index in [0.717, 1.165) is 24.4 Å². The highest BCUT2D eigenvalue weighted by molar-refractivity contribution is 5.75. The highest BCUT2D eigenvalue weighted by Crippen LogP contribution is 2.27. The molecule has 0 fully saturated rings. The van der Waals surface area contributed by atoms with Crippen LogP contribution in [0.25, 0.3) is 5.57 Å². The van der Waals surface area contributed by atoms with Crippen LogP contribution in [0.5, 0.6) is 5.75 Å². The van der Waals surface area contributed by atoms with Crippen LogP contribution >= 0.6 is 0 Å². The molecule has 0 radical (unpaired) electrons. The van der Waals surface area contributed by atoms with Gasteiger partial charge >= 0.3 is 0 Å². The fourth-order valence-corrected chi connectivity index (χ4v) is 1.84. The fraction of sp³-hybridized carbons (Fsp3) is 0.286. The summed E-state index contributed by atoms with van der Waals surface area (Å²) >= 11 is 0. The molecular weight excluding hydrogens is 200 g/mol. The largest absolute Gasteiger partial charge is 0.501 e. The Labute approximate surface area is 96.2 Å². The zero-order chi connectivity index (χ0) is 11.4. The van der Waals surface area contributed by atoms with Gasteiger partial charge in [0.1, 0.15) is 5.75 Å². The van der Waals surface area contributed by atoms with Crippen molar-refractivity contribution in [2.45, 2.75) is 12.8 Å². The Morgan fingerprint density at radius 1 is 1.12 bits per heavy atom. The SMILES string of the molecule is COC1=CC(c2cccc(OC)c2)=CCC1. The Morgan fingerprint density at radius 2 is 2.00 bits per heavy atom. The summed E-state index contributed by atoms with van der Waals surface area (Å²) in [6.45, 7) is 0.